The highest BCUT2D eigenvalue weighted by molar-refractivity contribution is 5.78. The minimum absolute atomic E-state index is 0.0879. The van der Waals surface area contributed by atoms with Gasteiger partial charge in [0.05, 0.1) is 12.6 Å². The summed E-state index contributed by atoms with van der Waals surface area (Å²) in [5.74, 6) is -0.362. The van der Waals surface area contributed by atoms with E-state index in [0.29, 0.717) is 6.54 Å². The van der Waals surface area contributed by atoms with Crippen LogP contribution in [0.5, 0.6) is 0 Å². The van der Waals surface area contributed by atoms with E-state index in [1.165, 1.54) is 30.0 Å². The summed E-state index contributed by atoms with van der Waals surface area (Å²) in [6.45, 7) is 6.69. The molecule has 3 aromatic rings. The van der Waals surface area contributed by atoms with Gasteiger partial charge in [-0.3, -0.25) is 14.6 Å². The number of benzene rings is 3. The zero-order valence-corrected chi connectivity index (χ0v) is 20.4. The average molecular weight is 491 g/mol. The predicted molar refractivity (Wildman–Crippen MR) is 138 cm³/mol. The van der Waals surface area contributed by atoms with Crippen molar-refractivity contribution < 1.29 is 13.6 Å². The Kier molecular flexibility index (Phi) is 7.58. The SMILES string of the molecule is O=C(CN1CCN(C(c2ccc(F)cc2)c2ccc(F)cc2)CC1)N1CCN(c2ccccc2)CC1. The van der Waals surface area contributed by atoms with E-state index >= 15 is 0 Å². The first-order valence-corrected chi connectivity index (χ1v) is 12.6. The molecule has 0 bridgehead atoms. The predicted octanol–water partition coefficient (Wildman–Crippen LogP) is 4.02. The van der Waals surface area contributed by atoms with E-state index in [1.807, 2.05) is 23.1 Å². The molecule has 5 nitrogen and oxygen atoms in total. The second kappa shape index (κ2) is 11.2. The van der Waals surface area contributed by atoms with Crippen LogP contribution in [0, 0.1) is 11.6 Å². The quantitative estimate of drug-likeness (QED) is 0.522. The third-order valence-electron chi connectivity index (χ3n) is 7.26. The van der Waals surface area contributed by atoms with Crippen molar-refractivity contribution in [3.63, 3.8) is 0 Å². The molecule has 36 heavy (non-hydrogen) atoms. The van der Waals surface area contributed by atoms with E-state index in [1.54, 1.807) is 24.3 Å². The van der Waals surface area contributed by atoms with Crippen LogP contribution in [0.2, 0.25) is 0 Å². The van der Waals surface area contributed by atoms with E-state index < -0.39 is 0 Å². The lowest BCUT2D eigenvalue weighted by molar-refractivity contribution is -0.133. The maximum absolute atomic E-state index is 13.6. The van der Waals surface area contributed by atoms with Gasteiger partial charge in [0.15, 0.2) is 0 Å². The number of anilines is 1. The minimum atomic E-state index is -0.274. The molecule has 2 fully saturated rings. The number of hydrogen-bond acceptors (Lipinski definition) is 4. The summed E-state index contributed by atoms with van der Waals surface area (Å²) in [7, 11) is 0. The number of carbonyl (C=O) groups is 1. The molecule has 3 aromatic carbocycles. The maximum atomic E-state index is 13.6. The van der Waals surface area contributed by atoms with Gasteiger partial charge >= 0.3 is 0 Å². The van der Waals surface area contributed by atoms with Gasteiger partial charge in [0.2, 0.25) is 5.91 Å². The normalized spacial score (nSPS) is 17.5. The molecule has 0 aliphatic carbocycles. The Balaban J connectivity index is 1.17. The van der Waals surface area contributed by atoms with Crippen molar-refractivity contribution in [1.82, 2.24) is 14.7 Å². The van der Waals surface area contributed by atoms with Crippen LogP contribution >= 0.6 is 0 Å². The topological polar surface area (TPSA) is 30.0 Å². The van der Waals surface area contributed by atoms with Gasteiger partial charge in [-0.25, -0.2) is 8.78 Å². The van der Waals surface area contributed by atoms with E-state index in [0.717, 1.165) is 63.5 Å². The molecule has 188 valence electrons. The van der Waals surface area contributed by atoms with Crippen LogP contribution in [0.25, 0.3) is 0 Å². The standard InChI is InChI=1S/C29H32F2N4O/c30-25-10-6-23(7-11-25)29(24-8-12-26(31)13-9-24)35-16-14-32(15-17-35)22-28(36)34-20-18-33(19-21-34)27-4-2-1-3-5-27/h1-13,29H,14-22H2. The molecule has 0 atom stereocenters. The third-order valence-corrected chi connectivity index (χ3v) is 7.26. The summed E-state index contributed by atoms with van der Waals surface area (Å²) in [6.07, 6.45) is 0. The highest BCUT2D eigenvalue weighted by Crippen LogP contribution is 2.30. The number of carbonyl (C=O) groups excluding carboxylic acids is 1. The number of nitrogens with zero attached hydrogens (tertiary/aromatic N) is 4. The van der Waals surface area contributed by atoms with Crippen LogP contribution in [0.1, 0.15) is 17.2 Å². The van der Waals surface area contributed by atoms with Crippen molar-refractivity contribution in [3.8, 4) is 0 Å². The Labute approximate surface area is 211 Å². The summed E-state index contributed by atoms with van der Waals surface area (Å²) in [5, 5.41) is 0. The lowest BCUT2D eigenvalue weighted by Crippen LogP contribution is -2.54. The van der Waals surface area contributed by atoms with Crippen molar-refractivity contribution in [2.24, 2.45) is 0 Å². The number of para-hydroxylation sites is 1. The first-order valence-electron chi connectivity index (χ1n) is 12.6. The maximum Gasteiger partial charge on any atom is 0.236 e. The largest absolute Gasteiger partial charge is 0.368 e. The van der Waals surface area contributed by atoms with Gasteiger partial charge in [0, 0.05) is 58.0 Å². The Morgan fingerprint density at radius 1 is 0.667 bits per heavy atom. The van der Waals surface area contributed by atoms with Crippen LogP contribution in [-0.2, 0) is 4.79 Å². The number of hydrogen-bond donors (Lipinski definition) is 0. The van der Waals surface area contributed by atoms with Gasteiger partial charge in [0.25, 0.3) is 0 Å². The zero-order valence-electron chi connectivity index (χ0n) is 20.4. The molecule has 2 aliphatic rings. The molecular weight excluding hydrogens is 458 g/mol. The fraction of sp³-hybridized carbons (Fsp3) is 0.345. The summed E-state index contributed by atoms with van der Waals surface area (Å²) in [4.78, 5) is 21.9. The van der Waals surface area contributed by atoms with E-state index in [-0.39, 0.29) is 23.6 Å². The van der Waals surface area contributed by atoms with Gasteiger partial charge < -0.3 is 9.80 Å². The average Bonchev–Trinajstić information content (AvgIpc) is 2.92. The highest BCUT2D eigenvalue weighted by atomic mass is 19.1. The first kappa shape index (κ1) is 24.4. The summed E-state index contributed by atoms with van der Waals surface area (Å²) < 4.78 is 27.1. The van der Waals surface area contributed by atoms with E-state index in [4.69, 9.17) is 0 Å². The molecule has 5 rings (SSSR count). The molecule has 2 heterocycles. The van der Waals surface area contributed by atoms with Crippen LogP contribution in [0.4, 0.5) is 14.5 Å². The monoisotopic (exact) mass is 490 g/mol. The molecule has 0 aromatic heterocycles. The molecular formula is C29H32F2N4O. The molecule has 1 amide bonds. The summed E-state index contributed by atoms with van der Waals surface area (Å²) in [5.41, 5.74) is 3.16. The molecule has 0 radical (unpaired) electrons. The van der Waals surface area contributed by atoms with Gasteiger partial charge in [0.1, 0.15) is 11.6 Å². The van der Waals surface area contributed by atoms with Gasteiger partial charge in [-0.1, -0.05) is 42.5 Å². The third kappa shape index (κ3) is 5.74. The molecule has 7 heteroatoms. The Bertz CT molecular complexity index is 1080. The van der Waals surface area contributed by atoms with Crippen molar-refractivity contribution in [2.75, 3.05) is 63.8 Å². The van der Waals surface area contributed by atoms with E-state index in [2.05, 4.69) is 26.8 Å². The molecule has 0 unspecified atom stereocenters. The fourth-order valence-electron chi connectivity index (χ4n) is 5.23. The number of rotatable bonds is 6. The van der Waals surface area contributed by atoms with Crippen molar-refractivity contribution in [3.05, 3.63) is 102 Å². The number of amides is 1. The minimum Gasteiger partial charge on any atom is -0.368 e. The molecule has 0 spiro atoms. The number of halogens is 2. The Morgan fingerprint density at radius 2 is 1.19 bits per heavy atom. The second-order valence-electron chi connectivity index (χ2n) is 9.52. The highest BCUT2D eigenvalue weighted by Gasteiger charge is 2.29. The first-order chi connectivity index (χ1) is 17.6. The van der Waals surface area contributed by atoms with Gasteiger partial charge in [-0.2, -0.15) is 0 Å². The van der Waals surface area contributed by atoms with Crippen molar-refractivity contribution >= 4 is 11.6 Å². The zero-order chi connectivity index (χ0) is 24.9. The lowest BCUT2D eigenvalue weighted by atomic mass is 9.96. The van der Waals surface area contributed by atoms with E-state index in [9.17, 15) is 13.6 Å². The fourth-order valence-corrected chi connectivity index (χ4v) is 5.23. The van der Waals surface area contributed by atoms with Crippen molar-refractivity contribution in [1.29, 1.82) is 0 Å². The van der Waals surface area contributed by atoms with Crippen LogP contribution in [0.3, 0.4) is 0 Å². The lowest BCUT2D eigenvalue weighted by Gasteiger charge is -2.41. The van der Waals surface area contributed by atoms with Crippen molar-refractivity contribution in [2.45, 2.75) is 6.04 Å². The summed E-state index contributed by atoms with van der Waals surface area (Å²) >= 11 is 0. The van der Waals surface area contributed by atoms with Gasteiger partial charge in [-0.15, -0.1) is 0 Å². The smallest absolute Gasteiger partial charge is 0.236 e. The molecule has 2 aliphatic heterocycles. The molecule has 2 saturated heterocycles. The van der Waals surface area contributed by atoms with Crippen LogP contribution in [0.15, 0.2) is 78.9 Å². The molecule has 0 saturated carbocycles. The van der Waals surface area contributed by atoms with Crippen LogP contribution < -0.4 is 4.90 Å². The molecule has 0 N–H and O–H groups in total. The van der Waals surface area contributed by atoms with Gasteiger partial charge in [-0.05, 0) is 47.5 Å². The Morgan fingerprint density at radius 3 is 1.72 bits per heavy atom. The van der Waals surface area contributed by atoms with Crippen LogP contribution in [-0.4, -0.2) is 79.5 Å². The summed E-state index contributed by atoms with van der Waals surface area (Å²) in [6, 6.07) is 23.3. The second-order valence-corrected chi connectivity index (χ2v) is 9.52. The number of piperazine rings is 2. The Hall–Kier alpha value is -3.29.